The fraction of sp³-hybridized carbons (Fsp3) is 0.613. The quantitative estimate of drug-likeness (QED) is 0.394. The number of carbonyl (C=O) groups excluding carboxylic acids is 2. The van der Waals surface area contributed by atoms with Gasteiger partial charge in [-0.05, 0) is 104 Å². The number of halogens is 5. The second-order valence-electron chi connectivity index (χ2n) is 12.7. The molecule has 0 aliphatic heterocycles. The fourth-order valence-corrected chi connectivity index (χ4v) is 8.24. The predicted octanol–water partition coefficient (Wildman–Crippen LogP) is 6.65. The highest BCUT2D eigenvalue weighted by atomic mass is 19.4. The number of fused-ring (bicyclic) bond motifs is 4. The van der Waals surface area contributed by atoms with Crippen LogP contribution < -0.4 is 5.32 Å². The van der Waals surface area contributed by atoms with Crippen LogP contribution in [0.3, 0.4) is 0 Å². The van der Waals surface area contributed by atoms with Crippen molar-refractivity contribution in [3.8, 4) is 0 Å². The highest BCUT2D eigenvalue weighted by Crippen LogP contribution is 2.70. The average Bonchev–Trinajstić information content (AvgIpc) is 3.69. The summed E-state index contributed by atoms with van der Waals surface area (Å²) >= 11 is 0. The highest BCUT2D eigenvalue weighted by molar-refractivity contribution is 5.94. The number of aliphatic hydroxyl groups is 1. The molecule has 5 atom stereocenters. The molecule has 0 aromatic heterocycles. The Labute approximate surface area is 230 Å². The number of alkyl halides is 5. The van der Waals surface area contributed by atoms with Crippen LogP contribution in [0.4, 0.5) is 22.0 Å². The monoisotopic (exact) mass is 563 g/mol. The van der Waals surface area contributed by atoms with Crippen LogP contribution in [0.5, 0.6) is 0 Å². The lowest BCUT2D eigenvalue weighted by atomic mass is 9.50. The summed E-state index contributed by atoms with van der Waals surface area (Å²) in [4.78, 5) is 24.8. The fourth-order valence-electron chi connectivity index (χ4n) is 8.24. The molecule has 0 radical (unpaired) electrons. The van der Waals surface area contributed by atoms with E-state index < -0.39 is 41.4 Å². The number of allylic oxidation sites excluding steroid dienone is 4. The van der Waals surface area contributed by atoms with E-state index >= 15 is 8.78 Å². The van der Waals surface area contributed by atoms with Crippen LogP contribution in [0.2, 0.25) is 0 Å². The van der Waals surface area contributed by atoms with E-state index in [1.165, 1.54) is 6.92 Å². The van der Waals surface area contributed by atoms with Crippen molar-refractivity contribution < 1.29 is 36.6 Å². The van der Waals surface area contributed by atoms with Gasteiger partial charge in [0, 0.05) is 29.9 Å². The normalized spacial score (nSPS) is 34.1. The van der Waals surface area contributed by atoms with Crippen molar-refractivity contribution >= 4 is 11.7 Å². The number of hydrogen-bond acceptors (Lipinski definition) is 3. The molecule has 5 aliphatic carbocycles. The van der Waals surface area contributed by atoms with Crippen molar-refractivity contribution in [1.29, 1.82) is 0 Å². The van der Waals surface area contributed by atoms with Crippen molar-refractivity contribution in [2.45, 2.75) is 88.3 Å². The third kappa shape index (κ3) is 4.09. The minimum absolute atomic E-state index is 0.0385. The maximum atomic E-state index is 15.1. The van der Waals surface area contributed by atoms with Gasteiger partial charge in [-0.25, -0.2) is 0 Å². The van der Waals surface area contributed by atoms with E-state index in [0.717, 1.165) is 29.6 Å². The van der Waals surface area contributed by atoms with Gasteiger partial charge < -0.3 is 10.4 Å². The van der Waals surface area contributed by atoms with Crippen LogP contribution in [0.1, 0.15) is 86.6 Å². The van der Waals surface area contributed by atoms with Crippen LogP contribution in [0.25, 0.3) is 0 Å². The zero-order chi connectivity index (χ0) is 28.7. The first kappa shape index (κ1) is 27.6. The van der Waals surface area contributed by atoms with Gasteiger partial charge in [-0.3, -0.25) is 9.59 Å². The summed E-state index contributed by atoms with van der Waals surface area (Å²) in [5.74, 6) is -6.26. The summed E-state index contributed by atoms with van der Waals surface area (Å²) in [6.45, 7) is 2.02. The van der Waals surface area contributed by atoms with Crippen molar-refractivity contribution in [2.24, 2.45) is 23.2 Å². The zero-order valence-electron chi connectivity index (χ0n) is 22.4. The molecule has 2 N–H and O–H groups in total. The second kappa shape index (κ2) is 9.23. The largest absolute Gasteiger partial charge is 0.456 e. The lowest BCUT2D eigenvalue weighted by Gasteiger charge is -2.56. The smallest absolute Gasteiger partial charge is 0.383 e. The molecule has 0 saturated heterocycles. The Balaban J connectivity index is 1.42. The molecular formula is C31H34F5NO3. The van der Waals surface area contributed by atoms with E-state index in [1.54, 1.807) is 30.3 Å². The van der Waals surface area contributed by atoms with E-state index in [0.29, 0.717) is 49.3 Å². The molecule has 0 bridgehead atoms. The van der Waals surface area contributed by atoms with E-state index in [4.69, 9.17) is 0 Å². The van der Waals surface area contributed by atoms with Crippen LogP contribution >= 0.6 is 0 Å². The number of rotatable bonds is 5. The molecule has 0 heterocycles. The number of benzene rings is 1. The third-order valence-corrected chi connectivity index (χ3v) is 10.6. The SMILES string of the molecule is CC12C[C@H](c3ccc(C(=O)NCC4CC4)cc3)C3=C4CCC(=O)C=C4CCC3[C@@H]1CC[C@@]2(O)C(F)(F)C(F)(F)F. The molecule has 40 heavy (non-hydrogen) atoms. The maximum Gasteiger partial charge on any atom is 0.456 e. The highest BCUT2D eigenvalue weighted by Gasteiger charge is 2.79. The number of nitrogens with one attached hydrogen (secondary N) is 1. The summed E-state index contributed by atoms with van der Waals surface area (Å²) < 4.78 is 71.3. The molecule has 216 valence electrons. The second-order valence-corrected chi connectivity index (χ2v) is 12.7. The number of carbonyl (C=O) groups is 2. The van der Waals surface area contributed by atoms with Crippen molar-refractivity contribution in [1.82, 2.24) is 5.32 Å². The first-order chi connectivity index (χ1) is 18.8. The molecule has 1 amide bonds. The molecule has 6 rings (SSSR count). The Kier molecular flexibility index (Phi) is 6.37. The molecule has 2 unspecified atom stereocenters. The van der Waals surface area contributed by atoms with E-state index in [1.807, 2.05) is 0 Å². The topological polar surface area (TPSA) is 66.4 Å². The lowest BCUT2D eigenvalue weighted by molar-refractivity contribution is -0.362. The molecule has 1 aromatic rings. The Morgan fingerprint density at radius 2 is 1.73 bits per heavy atom. The van der Waals surface area contributed by atoms with Crippen LogP contribution in [0.15, 0.2) is 47.1 Å². The van der Waals surface area contributed by atoms with Gasteiger partial charge >= 0.3 is 12.1 Å². The van der Waals surface area contributed by atoms with Gasteiger partial charge in [0.2, 0.25) is 0 Å². The maximum absolute atomic E-state index is 15.1. The van der Waals surface area contributed by atoms with Crippen molar-refractivity contribution in [2.75, 3.05) is 6.54 Å². The van der Waals surface area contributed by atoms with E-state index in [2.05, 4.69) is 5.32 Å². The van der Waals surface area contributed by atoms with Crippen molar-refractivity contribution in [3.63, 3.8) is 0 Å². The van der Waals surface area contributed by atoms with Gasteiger partial charge in [-0.2, -0.15) is 22.0 Å². The zero-order valence-corrected chi connectivity index (χ0v) is 22.4. The number of hydrogen-bond donors (Lipinski definition) is 2. The van der Waals surface area contributed by atoms with Gasteiger partial charge in [-0.15, -0.1) is 0 Å². The van der Waals surface area contributed by atoms with Gasteiger partial charge in [0.25, 0.3) is 5.91 Å². The average molecular weight is 564 g/mol. The van der Waals surface area contributed by atoms with Crippen LogP contribution in [-0.2, 0) is 4.79 Å². The minimum atomic E-state index is -5.88. The van der Waals surface area contributed by atoms with Gasteiger partial charge in [-0.1, -0.05) is 24.6 Å². The first-order valence-electron chi connectivity index (χ1n) is 14.3. The Morgan fingerprint density at radius 1 is 1.02 bits per heavy atom. The van der Waals surface area contributed by atoms with Crippen LogP contribution in [-0.4, -0.2) is 41.0 Å². The van der Waals surface area contributed by atoms with Gasteiger partial charge in [0.15, 0.2) is 5.78 Å². The third-order valence-electron chi connectivity index (χ3n) is 10.6. The predicted molar refractivity (Wildman–Crippen MR) is 138 cm³/mol. The molecule has 9 heteroatoms. The first-order valence-corrected chi connectivity index (χ1v) is 14.3. The molecule has 3 fully saturated rings. The summed E-state index contributed by atoms with van der Waals surface area (Å²) in [5, 5.41) is 14.3. The molecule has 0 spiro atoms. The molecular weight excluding hydrogens is 529 g/mol. The van der Waals surface area contributed by atoms with E-state index in [-0.39, 0.29) is 30.4 Å². The Morgan fingerprint density at radius 3 is 2.38 bits per heavy atom. The molecule has 1 aromatic carbocycles. The van der Waals surface area contributed by atoms with Crippen molar-refractivity contribution in [3.05, 3.63) is 58.2 Å². The Bertz CT molecular complexity index is 1290. The van der Waals surface area contributed by atoms with E-state index in [9.17, 15) is 27.9 Å². The summed E-state index contributed by atoms with van der Waals surface area (Å²) in [6.07, 6.45) is -0.725. The summed E-state index contributed by atoms with van der Waals surface area (Å²) in [5.41, 5.74) is -0.803. The van der Waals surface area contributed by atoms with Gasteiger partial charge in [0.05, 0.1) is 0 Å². The molecule has 4 nitrogen and oxygen atoms in total. The standard InChI is InChI=1S/C31H34F5NO3/c1-28-15-24(18-4-6-19(7-5-18)27(39)37-16-17-2-3-17)26-22-11-9-21(38)14-20(22)8-10-23(26)25(28)12-13-29(28,40)30(32,33)31(34,35)36/h4-7,14,17,23-25,40H,2-3,8-13,15-16H2,1H3,(H,37,39)/t23?,24-,25+,28?,29+/m1/s1. The number of ketones is 1. The lowest BCUT2D eigenvalue weighted by Crippen LogP contribution is -2.65. The molecule has 5 aliphatic rings. The summed E-state index contributed by atoms with van der Waals surface area (Å²) in [7, 11) is 0. The van der Waals surface area contributed by atoms with Gasteiger partial charge in [0.1, 0.15) is 5.60 Å². The number of amides is 1. The summed E-state index contributed by atoms with van der Waals surface area (Å²) in [6, 6.07) is 6.85. The minimum Gasteiger partial charge on any atom is -0.383 e. The molecule has 3 saturated carbocycles. The Hall–Kier alpha value is -2.55. The van der Waals surface area contributed by atoms with Crippen LogP contribution in [0, 0.1) is 23.2 Å².